The molecule has 5 nitrogen and oxygen atoms in total. The van der Waals surface area contributed by atoms with Gasteiger partial charge < -0.3 is 18.9 Å². The van der Waals surface area contributed by atoms with Gasteiger partial charge in [0.25, 0.3) is 0 Å². The lowest BCUT2D eigenvalue weighted by molar-refractivity contribution is 0.155. The Morgan fingerprint density at radius 2 is 1.82 bits per heavy atom. The highest BCUT2D eigenvalue weighted by molar-refractivity contribution is 6.67. The van der Waals surface area contributed by atoms with E-state index in [-0.39, 0.29) is 0 Å². The van der Waals surface area contributed by atoms with Gasteiger partial charge >= 0.3 is 14.7 Å². The second-order valence-electron chi connectivity index (χ2n) is 4.19. The topological polar surface area (TPSA) is 59.0 Å². The maximum atomic E-state index is 10.6. The van der Waals surface area contributed by atoms with Crippen LogP contribution in [-0.2, 0) is 8.85 Å². The van der Waals surface area contributed by atoms with Crippen LogP contribution >= 0.6 is 0 Å². The molecular weight excluding hydrogens is 238 g/mol. The minimum atomic E-state index is -1.95. The van der Waals surface area contributed by atoms with Crippen molar-refractivity contribution in [2.24, 2.45) is 0 Å². The molecule has 0 unspecified atom stereocenters. The first-order chi connectivity index (χ1) is 8.01. The summed E-state index contributed by atoms with van der Waals surface area (Å²) in [6, 6.07) is 1.93. The van der Waals surface area contributed by atoms with Gasteiger partial charge in [-0.1, -0.05) is 19.8 Å². The summed E-state index contributed by atoms with van der Waals surface area (Å²) >= 11 is 0. The molecule has 17 heavy (non-hydrogen) atoms. The number of rotatable bonds is 9. The van der Waals surface area contributed by atoms with Crippen LogP contribution in [-0.4, -0.2) is 52.5 Å². The molecule has 0 heterocycles. The predicted molar refractivity (Wildman–Crippen MR) is 69.6 cm³/mol. The summed E-state index contributed by atoms with van der Waals surface area (Å²) < 4.78 is 11.0. The molecule has 0 bridgehead atoms. The van der Waals surface area contributed by atoms with Crippen molar-refractivity contribution >= 4 is 14.7 Å². The Kier molecular flexibility index (Phi) is 8.19. The molecule has 0 radical (unpaired) electrons. The first-order valence-corrected chi connectivity index (χ1v) is 8.28. The maximum Gasteiger partial charge on any atom is 0.407 e. The van der Waals surface area contributed by atoms with Crippen LogP contribution in [0.1, 0.15) is 26.2 Å². The van der Waals surface area contributed by atoms with E-state index in [2.05, 4.69) is 6.92 Å². The molecular formula is C11H25NO4Si. The van der Waals surface area contributed by atoms with Crippen LogP contribution < -0.4 is 0 Å². The van der Waals surface area contributed by atoms with Crippen molar-refractivity contribution in [3.8, 4) is 0 Å². The lowest BCUT2D eigenvalue weighted by atomic mass is 10.2. The average Bonchev–Trinajstić information content (AvgIpc) is 2.34. The van der Waals surface area contributed by atoms with E-state index in [1.54, 1.807) is 21.3 Å². The van der Waals surface area contributed by atoms with Crippen LogP contribution in [0.5, 0.6) is 0 Å². The summed E-state index contributed by atoms with van der Waals surface area (Å²) in [6.45, 7) is 2.69. The number of unbranched alkanes of at least 4 members (excludes halogenated alkanes) is 2. The SMILES string of the molecule is CC[Si](CCCCCN(C)C(=O)O)(OC)OC. The van der Waals surface area contributed by atoms with E-state index < -0.39 is 14.7 Å². The third-order valence-corrected chi connectivity index (χ3v) is 6.84. The lowest BCUT2D eigenvalue weighted by Gasteiger charge is -2.26. The zero-order valence-electron chi connectivity index (χ0n) is 11.4. The zero-order valence-corrected chi connectivity index (χ0v) is 12.4. The molecule has 0 saturated heterocycles. The summed E-state index contributed by atoms with van der Waals surface area (Å²) in [6.07, 6.45) is 2.08. The molecule has 0 aromatic heterocycles. The molecule has 0 rings (SSSR count). The molecule has 1 amide bonds. The third kappa shape index (κ3) is 6.04. The van der Waals surface area contributed by atoms with Crippen molar-refractivity contribution in [3.05, 3.63) is 0 Å². The average molecular weight is 263 g/mol. The van der Waals surface area contributed by atoms with Gasteiger partial charge in [0.2, 0.25) is 0 Å². The molecule has 6 heteroatoms. The minimum Gasteiger partial charge on any atom is -0.465 e. The fourth-order valence-electron chi connectivity index (χ4n) is 1.77. The van der Waals surface area contributed by atoms with Gasteiger partial charge in [-0.2, -0.15) is 0 Å². The standard InChI is InChI=1S/C11H25NO4Si/c1-5-17(15-3,16-4)10-8-6-7-9-12(2)11(13)14/h5-10H2,1-4H3,(H,13,14). The Balaban J connectivity index is 3.73. The Labute approximate surface area is 105 Å². The summed E-state index contributed by atoms with van der Waals surface area (Å²) in [7, 11) is 3.09. The van der Waals surface area contributed by atoms with Crippen molar-refractivity contribution in [2.45, 2.75) is 38.3 Å². The summed E-state index contributed by atoms with van der Waals surface area (Å²) in [4.78, 5) is 11.9. The van der Waals surface area contributed by atoms with Crippen molar-refractivity contribution in [3.63, 3.8) is 0 Å². The predicted octanol–water partition coefficient (Wildman–Crippen LogP) is 2.52. The summed E-state index contributed by atoms with van der Waals surface area (Å²) in [5, 5.41) is 8.67. The zero-order chi connectivity index (χ0) is 13.3. The molecule has 0 fully saturated rings. The van der Waals surface area contributed by atoms with E-state index in [9.17, 15) is 4.79 Å². The van der Waals surface area contributed by atoms with E-state index in [0.29, 0.717) is 6.54 Å². The first kappa shape index (κ1) is 16.4. The van der Waals surface area contributed by atoms with Crippen LogP contribution in [0.2, 0.25) is 12.1 Å². The summed E-state index contributed by atoms with van der Waals surface area (Å²) in [5.74, 6) is 0. The molecule has 0 saturated carbocycles. The quantitative estimate of drug-likeness (QED) is 0.513. The van der Waals surface area contributed by atoms with Crippen LogP contribution in [0, 0.1) is 0 Å². The lowest BCUT2D eigenvalue weighted by Crippen LogP contribution is -2.38. The van der Waals surface area contributed by atoms with Crippen LogP contribution in [0.3, 0.4) is 0 Å². The molecule has 0 aliphatic heterocycles. The van der Waals surface area contributed by atoms with Gasteiger partial charge in [0.1, 0.15) is 0 Å². The van der Waals surface area contributed by atoms with Gasteiger partial charge in [-0.05, 0) is 18.5 Å². The van der Waals surface area contributed by atoms with Gasteiger partial charge in [-0.3, -0.25) is 0 Å². The van der Waals surface area contributed by atoms with E-state index in [1.165, 1.54) is 4.90 Å². The molecule has 0 spiro atoms. The number of carbonyl (C=O) groups is 1. The van der Waals surface area contributed by atoms with Gasteiger partial charge in [0.15, 0.2) is 0 Å². The minimum absolute atomic E-state index is 0.593. The second kappa shape index (κ2) is 8.49. The fraction of sp³-hybridized carbons (Fsp3) is 0.909. The molecule has 1 N–H and O–H groups in total. The highest BCUT2D eigenvalue weighted by atomic mass is 28.4. The van der Waals surface area contributed by atoms with Gasteiger partial charge in [-0.25, -0.2) is 4.79 Å². The summed E-state index contributed by atoms with van der Waals surface area (Å²) in [5.41, 5.74) is 0. The number of carboxylic acid groups (broad SMARTS) is 1. The number of nitrogens with zero attached hydrogens (tertiary/aromatic N) is 1. The van der Waals surface area contributed by atoms with Crippen molar-refractivity contribution < 1.29 is 18.8 Å². The van der Waals surface area contributed by atoms with Crippen LogP contribution in [0.4, 0.5) is 4.79 Å². The molecule has 102 valence electrons. The van der Waals surface area contributed by atoms with Crippen LogP contribution in [0.25, 0.3) is 0 Å². The molecule has 0 aliphatic carbocycles. The normalized spacial score (nSPS) is 11.5. The van der Waals surface area contributed by atoms with E-state index in [1.807, 2.05) is 0 Å². The monoisotopic (exact) mass is 263 g/mol. The van der Waals surface area contributed by atoms with Crippen molar-refractivity contribution in [1.82, 2.24) is 4.90 Å². The second-order valence-corrected chi connectivity index (χ2v) is 8.03. The first-order valence-electron chi connectivity index (χ1n) is 6.05. The molecule has 0 aromatic rings. The molecule has 0 atom stereocenters. The van der Waals surface area contributed by atoms with Gasteiger partial charge in [-0.15, -0.1) is 0 Å². The Hall–Kier alpha value is -0.593. The van der Waals surface area contributed by atoms with E-state index >= 15 is 0 Å². The Morgan fingerprint density at radius 1 is 1.24 bits per heavy atom. The third-order valence-electron chi connectivity index (χ3n) is 3.16. The van der Waals surface area contributed by atoms with Crippen LogP contribution in [0.15, 0.2) is 0 Å². The van der Waals surface area contributed by atoms with Crippen molar-refractivity contribution in [2.75, 3.05) is 27.8 Å². The van der Waals surface area contributed by atoms with E-state index in [0.717, 1.165) is 31.4 Å². The number of hydrogen-bond donors (Lipinski definition) is 1. The highest BCUT2D eigenvalue weighted by Crippen LogP contribution is 2.20. The molecule has 0 aromatic carbocycles. The Bertz CT molecular complexity index is 213. The van der Waals surface area contributed by atoms with E-state index in [4.69, 9.17) is 14.0 Å². The van der Waals surface area contributed by atoms with Gasteiger partial charge in [0, 0.05) is 27.8 Å². The fourth-order valence-corrected chi connectivity index (χ4v) is 4.06. The highest BCUT2D eigenvalue weighted by Gasteiger charge is 2.32. The number of amides is 1. The molecule has 0 aliphatic rings. The largest absolute Gasteiger partial charge is 0.465 e. The Morgan fingerprint density at radius 3 is 2.24 bits per heavy atom. The maximum absolute atomic E-state index is 10.6. The van der Waals surface area contributed by atoms with Crippen molar-refractivity contribution in [1.29, 1.82) is 0 Å². The number of hydrogen-bond acceptors (Lipinski definition) is 3. The van der Waals surface area contributed by atoms with Gasteiger partial charge in [0.05, 0.1) is 0 Å². The smallest absolute Gasteiger partial charge is 0.407 e.